The molecular formula is C11H13FO3. The van der Waals surface area contributed by atoms with Crippen LogP contribution in [0.2, 0.25) is 0 Å². The third kappa shape index (κ3) is 3.02. The molecule has 0 amide bonds. The molecule has 0 radical (unpaired) electrons. The second-order valence-corrected chi connectivity index (χ2v) is 3.05. The largest absolute Gasteiger partial charge is 0.438 e. The SMILES string of the molecule is CCc1cccc(F)c1CC(=O)OCO. The third-order valence-corrected chi connectivity index (χ3v) is 2.14. The van der Waals surface area contributed by atoms with Crippen molar-refractivity contribution in [2.24, 2.45) is 0 Å². The highest BCUT2D eigenvalue weighted by atomic mass is 19.1. The standard InChI is InChI=1S/C11H13FO3/c1-2-8-4-3-5-10(12)9(8)6-11(14)15-7-13/h3-5,13H,2,6-7H2,1H3. The zero-order valence-corrected chi connectivity index (χ0v) is 8.50. The lowest BCUT2D eigenvalue weighted by molar-refractivity contribution is -0.150. The minimum Gasteiger partial charge on any atom is -0.438 e. The number of aliphatic hydroxyl groups excluding tert-OH is 1. The Bertz CT molecular complexity index is 350. The van der Waals surface area contributed by atoms with Crippen molar-refractivity contribution in [2.45, 2.75) is 19.8 Å². The van der Waals surface area contributed by atoms with Crippen LogP contribution in [0.25, 0.3) is 0 Å². The van der Waals surface area contributed by atoms with Crippen LogP contribution in [0.1, 0.15) is 18.1 Å². The molecular weight excluding hydrogens is 199 g/mol. The van der Waals surface area contributed by atoms with Crippen LogP contribution in [-0.2, 0) is 22.4 Å². The Kier molecular flexibility index (Phi) is 4.24. The summed E-state index contributed by atoms with van der Waals surface area (Å²) in [5.74, 6) is -1.04. The number of esters is 1. The van der Waals surface area contributed by atoms with Gasteiger partial charge in [0.05, 0.1) is 6.42 Å². The van der Waals surface area contributed by atoms with E-state index in [9.17, 15) is 9.18 Å². The van der Waals surface area contributed by atoms with E-state index in [0.29, 0.717) is 12.0 Å². The van der Waals surface area contributed by atoms with Gasteiger partial charge in [-0.2, -0.15) is 0 Å². The molecule has 0 bridgehead atoms. The summed E-state index contributed by atoms with van der Waals surface area (Å²) in [5, 5.41) is 8.37. The lowest BCUT2D eigenvalue weighted by atomic mass is 10.0. The molecule has 4 heteroatoms. The van der Waals surface area contributed by atoms with Crippen molar-refractivity contribution in [3.05, 3.63) is 35.1 Å². The first-order valence-corrected chi connectivity index (χ1v) is 4.71. The van der Waals surface area contributed by atoms with Crippen LogP contribution >= 0.6 is 0 Å². The Morgan fingerprint density at radius 3 is 2.87 bits per heavy atom. The van der Waals surface area contributed by atoms with Gasteiger partial charge in [0.2, 0.25) is 0 Å². The third-order valence-electron chi connectivity index (χ3n) is 2.14. The van der Waals surface area contributed by atoms with Crippen LogP contribution in [0.3, 0.4) is 0 Å². The summed E-state index contributed by atoms with van der Waals surface area (Å²) >= 11 is 0. The maximum Gasteiger partial charge on any atom is 0.312 e. The van der Waals surface area contributed by atoms with E-state index in [2.05, 4.69) is 4.74 Å². The zero-order chi connectivity index (χ0) is 11.3. The average molecular weight is 212 g/mol. The van der Waals surface area contributed by atoms with Gasteiger partial charge < -0.3 is 9.84 Å². The van der Waals surface area contributed by atoms with Gasteiger partial charge in [-0.05, 0) is 18.1 Å². The van der Waals surface area contributed by atoms with Crippen LogP contribution in [0.15, 0.2) is 18.2 Å². The highest BCUT2D eigenvalue weighted by Gasteiger charge is 2.12. The molecule has 3 nitrogen and oxygen atoms in total. The lowest BCUT2D eigenvalue weighted by Gasteiger charge is -2.07. The van der Waals surface area contributed by atoms with Crippen molar-refractivity contribution in [3.8, 4) is 0 Å². The molecule has 0 heterocycles. The number of aryl methyl sites for hydroxylation is 1. The fourth-order valence-corrected chi connectivity index (χ4v) is 1.40. The van der Waals surface area contributed by atoms with Gasteiger partial charge in [-0.1, -0.05) is 19.1 Å². The van der Waals surface area contributed by atoms with E-state index in [4.69, 9.17) is 5.11 Å². The van der Waals surface area contributed by atoms with Crippen LogP contribution in [0.5, 0.6) is 0 Å². The summed E-state index contributed by atoms with van der Waals surface area (Å²) in [6.07, 6.45) is 0.510. The van der Waals surface area contributed by atoms with Gasteiger partial charge in [-0.25, -0.2) is 4.39 Å². The molecule has 0 aromatic heterocycles. The van der Waals surface area contributed by atoms with Gasteiger partial charge in [0.15, 0.2) is 6.79 Å². The quantitative estimate of drug-likeness (QED) is 0.606. The van der Waals surface area contributed by atoms with Crippen LogP contribution in [0, 0.1) is 5.82 Å². The van der Waals surface area contributed by atoms with Gasteiger partial charge in [0.25, 0.3) is 0 Å². The van der Waals surface area contributed by atoms with Crippen molar-refractivity contribution < 1.29 is 19.0 Å². The van der Waals surface area contributed by atoms with Crippen LogP contribution in [0.4, 0.5) is 4.39 Å². The van der Waals surface area contributed by atoms with E-state index >= 15 is 0 Å². The summed E-state index contributed by atoms with van der Waals surface area (Å²) in [6.45, 7) is 1.21. The van der Waals surface area contributed by atoms with Crippen LogP contribution < -0.4 is 0 Å². The molecule has 1 N–H and O–H groups in total. The van der Waals surface area contributed by atoms with Crippen molar-refractivity contribution in [1.82, 2.24) is 0 Å². The number of carbonyl (C=O) groups excluding carboxylic acids is 1. The number of hydrogen-bond donors (Lipinski definition) is 1. The molecule has 0 aliphatic rings. The Balaban J connectivity index is 2.87. The number of ether oxygens (including phenoxy) is 1. The number of halogens is 1. The number of benzene rings is 1. The molecule has 15 heavy (non-hydrogen) atoms. The fraction of sp³-hybridized carbons (Fsp3) is 0.364. The Labute approximate surface area is 87.5 Å². The molecule has 1 rings (SSSR count). The highest BCUT2D eigenvalue weighted by Crippen LogP contribution is 2.15. The van der Waals surface area contributed by atoms with Gasteiger partial charge >= 0.3 is 5.97 Å². The molecule has 0 atom stereocenters. The summed E-state index contributed by atoms with van der Waals surface area (Å²) < 4.78 is 17.7. The van der Waals surface area contributed by atoms with Crippen molar-refractivity contribution in [2.75, 3.05) is 6.79 Å². The summed E-state index contributed by atoms with van der Waals surface area (Å²) in [6, 6.07) is 4.68. The lowest BCUT2D eigenvalue weighted by Crippen LogP contribution is -2.11. The summed E-state index contributed by atoms with van der Waals surface area (Å²) in [7, 11) is 0. The van der Waals surface area contributed by atoms with Crippen LogP contribution in [-0.4, -0.2) is 17.9 Å². The van der Waals surface area contributed by atoms with Gasteiger partial charge in [0, 0.05) is 5.56 Å². The maximum atomic E-state index is 13.4. The molecule has 0 spiro atoms. The average Bonchev–Trinajstić information content (AvgIpc) is 2.21. The summed E-state index contributed by atoms with van der Waals surface area (Å²) in [4.78, 5) is 11.1. The van der Waals surface area contributed by atoms with Gasteiger partial charge in [0.1, 0.15) is 5.82 Å². The molecule has 1 aromatic carbocycles. The van der Waals surface area contributed by atoms with Crippen molar-refractivity contribution >= 4 is 5.97 Å². The van der Waals surface area contributed by atoms with E-state index in [1.54, 1.807) is 12.1 Å². The molecule has 1 aromatic rings. The van der Waals surface area contributed by atoms with Crippen molar-refractivity contribution in [3.63, 3.8) is 0 Å². The molecule has 82 valence electrons. The first kappa shape index (κ1) is 11.7. The highest BCUT2D eigenvalue weighted by molar-refractivity contribution is 5.73. The summed E-state index contributed by atoms with van der Waals surface area (Å²) in [5.41, 5.74) is 1.13. The van der Waals surface area contributed by atoms with E-state index in [-0.39, 0.29) is 6.42 Å². The normalized spacial score (nSPS) is 10.1. The first-order valence-electron chi connectivity index (χ1n) is 4.71. The number of hydrogen-bond acceptors (Lipinski definition) is 3. The predicted octanol–water partition coefficient (Wildman–Crippen LogP) is 1.42. The molecule has 0 aliphatic carbocycles. The Hall–Kier alpha value is -1.42. The number of aliphatic hydroxyl groups is 1. The zero-order valence-electron chi connectivity index (χ0n) is 8.50. The topological polar surface area (TPSA) is 46.5 Å². The molecule has 0 unspecified atom stereocenters. The first-order chi connectivity index (χ1) is 7.19. The maximum absolute atomic E-state index is 13.4. The van der Waals surface area contributed by atoms with E-state index < -0.39 is 18.6 Å². The molecule has 0 fully saturated rings. The van der Waals surface area contributed by atoms with Crippen molar-refractivity contribution in [1.29, 1.82) is 0 Å². The minimum atomic E-state index is -0.672. The van der Waals surface area contributed by atoms with E-state index in [1.807, 2.05) is 6.92 Å². The Morgan fingerprint density at radius 1 is 1.53 bits per heavy atom. The van der Waals surface area contributed by atoms with Gasteiger partial charge in [-0.15, -0.1) is 0 Å². The van der Waals surface area contributed by atoms with E-state index in [0.717, 1.165) is 5.56 Å². The smallest absolute Gasteiger partial charge is 0.312 e. The molecule has 0 saturated carbocycles. The van der Waals surface area contributed by atoms with E-state index in [1.165, 1.54) is 6.07 Å². The molecule has 0 aliphatic heterocycles. The second kappa shape index (κ2) is 5.46. The fourth-order valence-electron chi connectivity index (χ4n) is 1.40. The molecule has 0 saturated heterocycles. The number of carbonyl (C=O) groups is 1. The Morgan fingerprint density at radius 2 is 2.27 bits per heavy atom. The number of rotatable bonds is 4. The second-order valence-electron chi connectivity index (χ2n) is 3.05. The predicted molar refractivity (Wildman–Crippen MR) is 52.7 cm³/mol. The monoisotopic (exact) mass is 212 g/mol. The van der Waals surface area contributed by atoms with Gasteiger partial charge in [-0.3, -0.25) is 4.79 Å². The minimum absolute atomic E-state index is 0.142.